The van der Waals surface area contributed by atoms with Crippen molar-refractivity contribution in [2.24, 2.45) is 0 Å². The Labute approximate surface area is 143 Å². The summed E-state index contributed by atoms with van der Waals surface area (Å²) in [6.07, 6.45) is 3.50. The van der Waals surface area contributed by atoms with Gasteiger partial charge in [0.2, 0.25) is 0 Å². The third-order valence-electron chi connectivity index (χ3n) is 4.78. The third kappa shape index (κ3) is 3.29. The lowest BCUT2D eigenvalue weighted by Crippen LogP contribution is -2.34. The number of aryl methyl sites for hydroxylation is 2. The lowest BCUT2D eigenvalue weighted by molar-refractivity contribution is 0.455. The number of aromatic amines is 1. The zero-order chi connectivity index (χ0) is 14.9. The number of aromatic nitrogens is 1. The number of nitrogens with one attached hydrogen (secondary N) is 2. The van der Waals surface area contributed by atoms with Crippen molar-refractivity contribution >= 4 is 23.3 Å². The van der Waals surface area contributed by atoms with Gasteiger partial charge in [0.25, 0.3) is 0 Å². The second kappa shape index (κ2) is 6.77. The molecule has 120 valence electrons. The van der Waals surface area contributed by atoms with Gasteiger partial charge in [-0.25, -0.2) is 0 Å². The SMILES string of the molecule is Cc1ccc2[nH]c3c(c2c1)CCC(NCc1ccccc1)C3.Cl. The van der Waals surface area contributed by atoms with Gasteiger partial charge in [-0.05, 0) is 43.0 Å². The summed E-state index contributed by atoms with van der Waals surface area (Å²) in [7, 11) is 0. The minimum atomic E-state index is 0. The van der Waals surface area contributed by atoms with Crippen molar-refractivity contribution < 1.29 is 0 Å². The van der Waals surface area contributed by atoms with Gasteiger partial charge in [-0.3, -0.25) is 0 Å². The van der Waals surface area contributed by atoms with Gasteiger partial charge in [-0.2, -0.15) is 0 Å². The van der Waals surface area contributed by atoms with Gasteiger partial charge in [0.15, 0.2) is 0 Å². The first-order valence-electron chi connectivity index (χ1n) is 8.17. The summed E-state index contributed by atoms with van der Waals surface area (Å²) in [4.78, 5) is 3.63. The minimum absolute atomic E-state index is 0. The zero-order valence-electron chi connectivity index (χ0n) is 13.4. The molecule has 0 amide bonds. The number of rotatable bonds is 3. The summed E-state index contributed by atoms with van der Waals surface area (Å²) in [5.41, 5.74) is 6.97. The highest BCUT2D eigenvalue weighted by atomic mass is 35.5. The van der Waals surface area contributed by atoms with Gasteiger partial charge in [0.05, 0.1) is 0 Å². The maximum Gasteiger partial charge on any atom is 0.0459 e. The quantitative estimate of drug-likeness (QED) is 0.726. The Hall–Kier alpha value is -1.77. The Bertz CT molecular complexity index is 792. The molecule has 4 rings (SSSR count). The van der Waals surface area contributed by atoms with Crippen LogP contribution < -0.4 is 5.32 Å². The zero-order valence-corrected chi connectivity index (χ0v) is 14.2. The van der Waals surface area contributed by atoms with Gasteiger partial charge in [0.1, 0.15) is 0 Å². The molecule has 0 saturated heterocycles. The average molecular weight is 327 g/mol. The molecule has 0 bridgehead atoms. The van der Waals surface area contributed by atoms with Crippen LogP contribution >= 0.6 is 12.4 Å². The van der Waals surface area contributed by atoms with E-state index in [9.17, 15) is 0 Å². The first-order chi connectivity index (χ1) is 10.8. The van der Waals surface area contributed by atoms with Crippen molar-refractivity contribution in [1.29, 1.82) is 0 Å². The van der Waals surface area contributed by atoms with Crippen LogP contribution in [0.5, 0.6) is 0 Å². The minimum Gasteiger partial charge on any atom is -0.358 e. The molecule has 1 heterocycles. The van der Waals surface area contributed by atoms with Crippen LogP contribution in [0.25, 0.3) is 10.9 Å². The van der Waals surface area contributed by atoms with Crippen molar-refractivity contribution in [3.63, 3.8) is 0 Å². The second-order valence-corrected chi connectivity index (χ2v) is 6.44. The number of H-pyrrole nitrogens is 1. The van der Waals surface area contributed by atoms with Crippen LogP contribution in [0.2, 0.25) is 0 Å². The summed E-state index contributed by atoms with van der Waals surface area (Å²) in [5, 5.41) is 5.14. The first-order valence-corrected chi connectivity index (χ1v) is 8.17. The van der Waals surface area contributed by atoms with Gasteiger partial charge in [0, 0.05) is 35.6 Å². The van der Waals surface area contributed by atoms with E-state index in [1.54, 1.807) is 0 Å². The number of halogens is 1. The Kier molecular flexibility index (Phi) is 4.74. The van der Waals surface area contributed by atoms with E-state index in [0.29, 0.717) is 6.04 Å². The van der Waals surface area contributed by atoms with Crippen LogP contribution in [0.1, 0.15) is 28.8 Å². The van der Waals surface area contributed by atoms with Crippen molar-refractivity contribution in [3.05, 3.63) is 70.9 Å². The van der Waals surface area contributed by atoms with Crippen molar-refractivity contribution in [2.45, 2.75) is 38.8 Å². The fourth-order valence-corrected chi connectivity index (χ4v) is 3.58. The smallest absolute Gasteiger partial charge is 0.0459 e. The van der Waals surface area contributed by atoms with E-state index in [2.05, 4.69) is 65.8 Å². The topological polar surface area (TPSA) is 27.8 Å². The highest BCUT2D eigenvalue weighted by Gasteiger charge is 2.21. The molecule has 23 heavy (non-hydrogen) atoms. The average Bonchev–Trinajstić information content (AvgIpc) is 2.91. The Morgan fingerprint density at radius 3 is 2.78 bits per heavy atom. The van der Waals surface area contributed by atoms with E-state index in [1.807, 2.05) is 0 Å². The maximum atomic E-state index is 3.71. The summed E-state index contributed by atoms with van der Waals surface area (Å²) in [6, 6.07) is 18.0. The largest absolute Gasteiger partial charge is 0.358 e. The maximum absolute atomic E-state index is 3.71. The van der Waals surface area contributed by atoms with E-state index in [0.717, 1.165) is 13.0 Å². The molecule has 1 aliphatic carbocycles. The Morgan fingerprint density at radius 1 is 1.13 bits per heavy atom. The molecule has 1 atom stereocenters. The van der Waals surface area contributed by atoms with Crippen LogP contribution in [-0.4, -0.2) is 11.0 Å². The molecule has 3 heteroatoms. The Balaban J connectivity index is 0.00000156. The predicted molar refractivity (Wildman–Crippen MR) is 99.4 cm³/mol. The molecule has 2 N–H and O–H groups in total. The molecule has 0 radical (unpaired) electrons. The van der Waals surface area contributed by atoms with E-state index in [-0.39, 0.29) is 12.4 Å². The molecule has 2 nitrogen and oxygen atoms in total. The second-order valence-electron chi connectivity index (χ2n) is 6.44. The summed E-state index contributed by atoms with van der Waals surface area (Å²) in [6.45, 7) is 3.13. The lowest BCUT2D eigenvalue weighted by Gasteiger charge is -2.23. The fourth-order valence-electron chi connectivity index (χ4n) is 3.58. The predicted octanol–water partition coefficient (Wildman–Crippen LogP) is 4.55. The highest BCUT2D eigenvalue weighted by Crippen LogP contribution is 2.29. The van der Waals surface area contributed by atoms with Crippen LogP contribution in [0.15, 0.2) is 48.5 Å². The fraction of sp³-hybridized carbons (Fsp3) is 0.300. The van der Waals surface area contributed by atoms with E-state index in [4.69, 9.17) is 0 Å². The molecule has 0 fully saturated rings. The highest BCUT2D eigenvalue weighted by molar-refractivity contribution is 5.86. The first kappa shape index (κ1) is 16.1. The Morgan fingerprint density at radius 2 is 1.96 bits per heavy atom. The third-order valence-corrected chi connectivity index (χ3v) is 4.78. The van der Waals surface area contributed by atoms with Crippen LogP contribution in [0, 0.1) is 6.92 Å². The van der Waals surface area contributed by atoms with Crippen LogP contribution in [0.4, 0.5) is 0 Å². The van der Waals surface area contributed by atoms with Gasteiger partial charge in [-0.15, -0.1) is 12.4 Å². The molecule has 2 aromatic carbocycles. The van der Waals surface area contributed by atoms with Gasteiger partial charge < -0.3 is 10.3 Å². The number of hydrogen-bond acceptors (Lipinski definition) is 1. The number of hydrogen-bond donors (Lipinski definition) is 2. The summed E-state index contributed by atoms with van der Waals surface area (Å²) in [5.74, 6) is 0. The van der Waals surface area contributed by atoms with Crippen LogP contribution in [-0.2, 0) is 19.4 Å². The molecule has 0 spiro atoms. The summed E-state index contributed by atoms with van der Waals surface area (Å²) < 4.78 is 0. The van der Waals surface area contributed by atoms with Crippen molar-refractivity contribution in [2.75, 3.05) is 0 Å². The lowest BCUT2D eigenvalue weighted by atomic mass is 9.91. The van der Waals surface area contributed by atoms with E-state index < -0.39 is 0 Å². The van der Waals surface area contributed by atoms with E-state index in [1.165, 1.54) is 46.1 Å². The van der Waals surface area contributed by atoms with Gasteiger partial charge >= 0.3 is 0 Å². The standard InChI is InChI=1S/C20H22N2.ClH/c1-14-7-10-19-18(11-14)17-9-8-16(12-20(17)22-19)21-13-15-5-3-2-4-6-15;/h2-7,10-11,16,21-22H,8-9,12-13H2,1H3;1H. The normalized spacial score (nSPS) is 16.8. The van der Waals surface area contributed by atoms with Gasteiger partial charge in [-0.1, -0.05) is 42.0 Å². The number of fused-ring (bicyclic) bond motifs is 3. The molecule has 1 unspecified atom stereocenters. The monoisotopic (exact) mass is 326 g/mol. The van der Waals surface area contributed by atoms with Crippen molar-refractivity contribution in [3.8, 4) is 0 Å². The molecular weight excluding hydrogens is 304 g/mol. The molecule has 1 aliphatic rings. The number of benzene rings is 2. The van der Waals surface area contributed by atoms with E-state index >= 15 is 0 Å². The summed E-state index contributed by atoms with van der Waals surface area (Å²) >= 11 is 0. The molecule has 1 aromatic heterocycles. The molecule has 0 aliphatic heterocycles. The molecular formula is C20H23ClN2. The molecule has 0 saturated carbocycles. The molecule has 3 aromatic rings. The van der Waals surface area contributed by atoms with Crippen LogP contribution in [0.3, 0.4) is 0 Å². The van der Waals surface area contributed by atoms with Crippen molar-refractivity contribution in [1.82, 2.24) is 10.3 Å².